The van der Waals surface area contributed by atoms with Crippen molar-refractivity contribution in [3.05, 3.63) is 41.3 Å². The molecular formula is C24H31F3N6O2. The summed E-state index contributed by atoms with van der Waals surface area (Å²) in [6, 6.07) is 2.17. The lowest BCUT2D eigenvalue weighted by atomic mass is 9.92. The largest absolute Gasteiger partial charge is 0.417 e. The fourth-order valence-corrected chi connectivity index (χ4v) is 4.97. The van der Waals surface area contributed by atoms with Crippen LogP contribution in [0.1, 0.15) is 41.9 Å². The number of carbonyl (C=O) groups excluding carboxylic acids is 2. The highest BCUT2D eigenvalue weighted by Gasteiger charge is 2.32. The number of hydrogen-bond donors (Lipinski definition) is 0. The topological polar surface area (TPSA) is 74.6 Å². The Balaban J connectivity index is 1.34. The van der Waals surface area contributed by atoms with Crippen molar-refractivity contribution in [2.24, 2.45) is 11.8 Å². The summed E-state index contributed by atoms with van der Waals surface area (Å²) in [7, 11) is 0. The SMILES string of the molecule is Cc1c(C(=O)N2CCN(CC(=O)N3CC(C)CC(C)C3)CC2)cnn1-c1ccc(C(F)(F)F)cn1. The Bertz CT molecular complexity index is 1050. The average Bonchev–Trinajstić information content (AvgIpc) is 3.19. The highest BCUT2D eigenvalue weighted by molar-refractivity contribution is 5.95. The number of halogens is 3. The van der Waals surface area contributed by atoms with Crippen molar-refractivity contribution in [2.45, 2.75) is 33.4 Å². The van der Waals surface area contributed by atoms with Crippen LogP contribution in [0.3, 0.4) is 0 Å². The Kier molecular flexibility index (Phi) is 7.16. The highest BCUT2D eigenvalue weighted by Crippen LogP contribution is 2.29. The number of piperidine rings is 1. The molecule has 2 atom stereocenters. The predicted molar refractivity (Wildman–Crippen MR) is 123 cm³/mol. The first-order valence-corrected chi connectivity index (χ1v) is 11.9. The Morgan fingerprint density at radius 1 is 1.00 bits per heavy atom. The number of pyridine rings is 1. The molecule has 4 rings (SSSR count). The van der Waals surface area contributed by atoms with Crippen LogP contribution in [0.25, 0.3) is 5.82 Å². The number of carbonyl (C=O) groups is 2. The van der Waals surface area contributed by atoms with E-state index in [1.54, 1.807) is 11.8 Å². The van der Waals surface area contributed by atoms with Gasteiger partial charge in [-0.1, -0.05) is 13.8 Å². The molecule has 2 aromatic rings. The third kappa shape index (κ3) is 5.66. The van der Waals surface area contributed by atoms with Crippen molar-refractivity contribution in [1.29, 1.82) is 0 Å². The molecule has 0 aliphatic carbocycles. The molecule has 190 valence electrons. The lowest BCUT2D eigenvalue weighted by Gasteiger charge is -2.38. The van der Waals surface area contributed by atoms with Crippen LogP contribution < -0.4 is 0 Å². The van der Waals surface area contributed by atoms with Gasteiger partial charge in [0, 0.05) is 45.5 Å². The van der Waals surface area contributed by atoms with Gasteiger partial charge in [-0.05, 0) is 37.3 Å². The molecule has 0 spiro atoms. The first-order valence-electron chi connectivity index (χ1n) is 11.9. The summed E-state index contributed by atoms with van der Waals surface area (Å²) < 4.78 is 39.8. The average molecular weight is 493 g/mol. The van der Waals surface area contributed by atoms with E-state index in [0.29, 0.717) is 55.8 Å². The molecule has 11 heteroatoms. The molecule has 2 saturated heterocycles. The quantitative estimate of drug-likeness (QED) is 0.656. The Morgan fingerprint density at radius 2 is 1.66 bits per heavy atom. The zero-order valence-corrected chi connectivity index (χ0v) is 20.3. The molecule has 8 nitrogen and oxygen atoms in total. The van der Waals surface area contributed by atoms with Gasteiger partial charge in [-0.15, -0.1) is 0 Å². The zero-order chi connectivity index (χ0) is 25.3. The van der Waals surface area contributed by atoms with Crippen LogP contribution >= 0.6 is 0 Å². The second-order valence-corrected chi connectivity index (χ2v) is 9.77. The molecule has 2 fully saturated rings. The summed E-state index contributed by atoms with van der Waals surface area (Å²) in [4.78, 5) is 35.5. The van der Waals surface area contributed by atoms with Crippen molar-refractivity contribution in [1.82, 2.24) is 29.5 Å². The minimum Gasteiger partial charge on any atom is -0.341 e. The van der Waals surface area contributed by atoms with E-state index in [0.717, 1.165) is 31.8 Å². The Morgan fingerprint density at radius 3 is 2.23 bits per heavy atom. The van der Waals surface area contributed by atoms with E-state index < -0.39 is 11.7 Å². The third-order valence-corrected chi connectivity index (χ3v) is 6.77. The summed E-state index contributed by atoms with van der Waals surface area (Å²) >= 11 is 0. The Labute approximate surface area is 202 Å². The number of alkyl halides is 3. The summed E-state index contributed by atoms with van der Waals surface area (Å²) in [6.45, 7) is 10.2. The van der Waals surface area contributed by atoms with Gasteiger partial charge >= 0.3 is 6.18 Å². The number of nitrogens with zero attached hydrogens (tertiary/aromatic N) is 6. The molecule has 0 saturated carbocycles. The second kappa shape index (κ2) is 9.96. The number of likely N-dealkylation sites (tertiary alicyclic amines) is 1. The van der Waals surface area contributed by atoms with Gasteiger partial charge in [0.15, 0.2) is 5.82 Å². The number of aromatic nitrogens is 3. The molecule has 0 bridgehead atoms. The lowest BCUT2D eigenvalue weighted by molar-refractivity contribution is -0.138. The van der Waals surface area contributed by atoms with E-state index >= 15 is 0 Å². The second-order valence-electron chi connectivity index (χ2n) is 9.77. The molecule has 2 aliphatic heterocycles. The van der Waals surface area contributed by atoms with E-state index in [2.05, 4.69) is 28.8 Å². The minimum atomic E-state index is -4.47. The van der Waals surface area contributed by atoms with Crippen molar-refractivity contribution < 1.29 is 22.8 Å². The zero-order valence-electron chi connectivity index (χ0n) is 20.3. The maximum Gasteiger partial charge on any atom is 0.417 e. The van der Waals surface area contributed by atoms with Gasteiger partial charge in [-0.3, -0.25) is 14.5 Å². The van der Waals surface area contributed by atoms with E-state index in [1.165, 1.54) is 16.9 Å². The summed E-state index contributed by atoms with van der Waals surface area (Å²) in [5.41, 5.74) is 0.0451. The van der Waals surface area contributed by atoms with Crippen LogP contribution in [0.4, 0.5) is 13.2 Å². The molecule has 2 unspecified atom stereocenters. The van der Waals surface area contributed by atoms with Gasteiger partial charge < -0.3 is 9.80 Å². The van der Waals surface area contributed by atoms with Crippen LogP contribution in [0, 0.1) is 18.8 Å². The van der Waals surface area contributed by atoms with Gasteiger partial charge in [0.2, 0.25) is 5.91 Å². The molecule has 35 heavy (non-hydrogen) atoms. The maximum atomic E-state index is 13.1. The summed E-state index contributed by atoms with van der Waals surface area (Å²) in [6.07, 6.45) is -1.14. The van der Waals surface area contributed by atoms with Gasteiger partial charge in [-0.2, -0.15) is 18.3 Å². The standard InChI is InChI=1S/C24H31F3N6O2/c1-16-10-17(2)14-32(13-16)22(34)15-30-6-8-31(9-7-30)23(35)20-12-29-33(18(20)3)21-5-4-19(11-28-21)24(25,26)27/h4-5,11-12,16-17H,6-10,13-15H2,1-3H3. The monoisotopic (exact) mass is 492 g/mol. The van der Waals surface area contributed by atoms with Crippen LogP contribution in [0.15, 0.2) is 24.5 Å². The van der Waals surface area contributed by atoms with E-state index in [1.807, 2.05) is 4.90 Å². The van der Waals surface area contributed by atoms with E-state index in [-0.39, 0.29) is 17.6 Å². The fourth-order valence-electron chi connectivity index (χ4n) is 4.97. The molecule has 0 radical (unpaired) electrons. The molecule has 2 amide bonds. The van der Waals surface area contributed by atoms with Gasteiger partial charge in [0.1, 0.15) is 0 Å². The van der Waals surface area contributed by atoms with E-state index in [9.17, 15) is 22.8 Å². The number of hydrogen-bond acceptors (Lipinski definition) is 5. The predicted octanol–water partition coefficient (Wildman–Crippen LogP) is 2.86. The molecule has 2 aliphatic rings. The third-order valence-electron chi connectivity index (χ3n) is 6.77. The van der Waals surface area contributed by atoms with Crippen LogP contribution in [0.5, 0.6) is 0 Å². The molecule has 0 aromatic carbocycles. The van der Waals surface area contributed by atoms with Crippen molar-refractivity contribution >= 4 is 11.8 Å². The van der Waals surface area contributed by atoms with Crippen molar-refractivity contribution in [2.75, 3.05) is 45.8 Å². The smallest absolute Gasteiger partial charge is 0.341 e. The maximum absolute atomic E-state index is 13.1. The molecule has 2 aromatic heterocycles. The van der Waals surface area contributed by atoms with Gasteiger partial charge in [0.25, 0.3) is 5.91 Å². The van der Waals surface area contributed by atoms with Crippen molar-refractivity contribution in [3.63, 3.8) is 0 Å². The fraction of sp³-hybridized carbons (Fsp3) is 0.583. The summed E-state index contributed by atoms with van der Waals surface area (Å²) in [5.74, 6) is 1.19. The van der Waals surface area contributed by atoms with E-state index in [4.69, 9.17) is 0 Å². The normalized spacial score (nSPS) is 21.9. The first-order chi connectivity index (χ1) is 16.5. The first kappa shape index (κ1) is 25.2. The number of rotatable bonds is 4. The highest BCUT2D eigenvalue weighted by atomic mass is 19.4. The Hall–Kier alpha value is -2.95. The molecule has 4 heterocycles. The molecule has 0 N–H and O–H groups in total. The van der Waals surface area contributed by atoms with Gasteiger partial charge in [0.05, 0.1) is 29.6 Å². The van der Waals surface area contributed by atoms with Gasteiger partial charge in [-0.25, -0.2) is 9.67 Å². The number of piperazine rings is 1. The van der Waals surface area contributed by atoms with Crippen molar-refractivity contribution in [3.8, 4) is 5.82 Å². The summed E-state index contributed by atoms with van der Waals surface area (Å²) in [5, 5.41) is 4.18. The van der Waals surface area contributed by atoms with Crippen LogP contribution in [0.2, 0.25) is 0 Å². The van der Waals surface area contributed by atoms with Crippen LogP contribution in [-0.4, -0.2) is 87.1 Å². The lowest BCUT2D eigenvalue weighted by Crippen LogP contribution is -2.53. The van der Waals surface area contributed by atoms with Crippen LogP contribution in [-0.2, 0) is 11.0 Å². The molecular weight excluding hydrogens is 461 g/mol. The minimum absolute atomic E-state index is 0.143. The number of amides is 2.